The van der Waals surface area contributed by atoms with E-state index in [4.69, 9.17) is 5.73 Å². The lowest BCUT2D eigenvalue weighted by atomic mass is 9.92. The lowest BCUT2D eigenvalue weighted by Gasteiger charge is -2.38. The number of nitrogens with zero attached hydrogens (tertiary/aromatic N) is 3. The summed E-state index contributed by atoms with van der Waals surface area (Å²) in [5.74, 6) is 1.62. The molecule has 2 rings (SSSR count). The van der Waals surface area contributed by atoms with Gasteiger partial charge in [0, 0.05) is 51.7 Å². The number of carbonyl (C=O) groups is 2. The summed E-state index contributed by atoms with van der Waals surface area (Å²) in [6.45, 7) is 11.7. The molecule has 0 spiro atoms. The summed E-state index contributed by atoms with van der Waals surface area (Å²) in [5, 5.41) is 0. The lowest BCUT2D eigenvalue weighted by molar-refractivity contribution is -0.137. The second kappa shape index (κ2) is 12.0. The van der Waals surface area contributed by atoms with Crippen LogP contribution in [0, 0.1) is 11.8 Å². The highest BCUT2D eigenvalue weighted by molar-refractivity contribution is 5.85. The molecule has 2 saturated heterocycles. The minimum absolute atomic E-state index is 0. The average Bonchev–Trinajstić information content (AvgIpc) is 2.52. The molecule has 0 saturated carbocycles. The topological polar surface area (TPSA) is 69.9 Å². The van der Waals surface area contributed by atoms with Crippen LogP contribution in [0.3, 0.4) is 0 Å². The summed E-state index contributed by atoms with van der Waals surface area (Å²) in [4.78, 5) is 30.8. The molecule has 3 atom stereocenters. The molecule has 0 aromatic heterocycles. The second-order valence-corrected chi connectivity index (χ2v) is 7.92. The van der Waals surface area contributed by atoms with E-state index in [9.17, 15) is 9.59 Å². The molecule has 154 valence electrons. The Labute approximate surface area is 170 Å². The van der Waals surface area contributed by atoms with E-state index in [0.717, 1.165) is 45.7 Å². The third-order valence-corrected chi connectivity index (χ3v) is 5.12. The van der Waals surface area contributed by atoms with E-state index < -0.39 is 0 Å². The molecule has 2 amide bonds. The molecular weight excluding hydrogens is 375 g/mol. The zero-order valence-corrected chi connectivity index (χ0v) is 18.0. The van der Waals surface area contributed by atoms with E-state index >= 15 is 0 Å². The molecule has 6 nitrogen and oxygen atoms in total. The van der Waals surface area contributed by atoms with Crippen molar-refractivity contribution in [3.8, 4) is 0 Å². The molecule has 0 bridgehead atoms. The number of likely N-dealkylation sites (tertiary alicyclic amines) is 1. The summed E-state index contributed by atoms with van der Waals surface area (Å²) in [7, 11) is 0. The number of hydrogen-bond donors (Lipinski definition) is 1. The molecule has 26 heavy (non-hydrogen) atoms. The number of nitrogens with two attached hydrogens (primary N) is 1. The Hall–Kier alpha value is -0.560. The van der Waals surface area contributed by atoms with E-state index in [1.807, 2.05) is 16.7 Å². The first-order valence-electron chi connectivity index (χ1n) is 9.38. The molecule has 2 heterocycles. The summed E-state index contributed by atoms with van der Waals surface area (Å²) < 4.78 is 0. The van der Waals surface area contributed by atoms with E-state index in [1.165, 1.54) is 6.42 Å². The SMILES string of the molecule is CC(N)CCC(=O)N1CCN(CC(=O)N2CC(C)CC(C)C2)CC1.Cl.Cl. The third kappa shape index (κ3) is 7.99. The van der Waals surface area contributed by atoms with Gasteiger partial charge in [-0.1, -0.05) is 13.8 Å². The van der Waals surface area contributed by atoms with Crippen molar-refractivity contribution < 1.29 is 9.59 Å². The number of piperazine rings is 1. The van der Waals surface area contributed by atoms with E-state index in [1.54, 1.807) is 0 Å². The van der Waals surface area contributed by atoms with Gasteiger partial charge in [0.1, 0.15) is 0 Å². The summed E-state index contributed by atoms with van der Waals surface area (Å²) in [6, 6.07) is 0.0715. The Morgan fingerprint density at radius 2 is 1.50 bits per heavy atom. The normalized spacial score (nSPS) is 25.1. The maximum atomic E-state index is 12.5. The zero-order chi connectivity index (χ0) is 17.7. The van der Waals surface area contributed by atoms with Crippen molar-refractivity contribution in [2.75, 3.05) is 45.8 Å². The van der Waals surface area contributed by atoms with Gasteiger partial charge in [0.2, 0.25) is 11.8 Å². The van der Waals surface area contributed by atoms with Crippen LogP contribution in [-0.2, 0) is 9.59 Å². The number of halogens is 2. The highest BCUT2D eigenvalue weighted by Crippen LogP contribution is 2.21. The van der Waals surface area contributed by atoms with Crippen LogP contribution in [-0.4, -0.2) is 78.4 Å². The molecule has 0 aromatic carbocycles. The van der Waals surface area contributed by atoms with Crippen LogP contribution < -0.4 is 5.73 Å². The number of hydrogen-bond acceptors (Lipinski definition) is 4. The van der Waals surface area contributed by atoms with Crippen LogP contribution in [0.4, 0.5) is 0 Å². The average molecular weight is 411 g/mol. The molecule has 0 aromatic rings. The Balaban J connectivity index is 0.00000312. The number of piperidine rings is 1. The van der Waals surface area contributed by atoms with Crippen molar-refractivity contribution in [2.24, 2.45) is 17.6 Å². The Morgan fingerprint density at radius 1 is 0.962 bits per heavy atom. The highest BCUT2D eigenvalue weighted by atomic mass is 35.5. The molecule has 2 aliphatic rings. The van der Waals surface area contributed by atoms with Crippen LogP contribution in [0.2, 0.25) is 0 Å². The van der Waals surface area contributed by atoms with Gasteiger partial charge >= 0.3 is 0 Å². The standard InChI is InChI=1S/C18H34N4O2.2ClH/c1-14-10-15(2)12-22(11-14)18(24)13-20-6-8-21(9-7-20)17(23)5-4-16(3)19;;/h14-16H,4-13,19H2,1-3H3;2*1H. The minimum atomic E-state index is 0. The quantitative estimate of drug-likeness (QED) is 0.746. The molecule has 0 radical (unpaired) electrons. The first-order valence-corrected chi connectivity index (χ1v) is 9.38. The largest absolute Gasteiger partial charge is 0.341 e. The minimum Gasteiger partial charge on any atom is -0.341 e. The summed E-state index contributed by atoms with van der Waals surface area (Å²) in [6.07, 6.45) is 2.48. The molecule has 8 heteroatoms. The zero-order valence-electron chi connectivity index (χ0n) is 16.4. The fourth-order valence-electron chi connectivity index (χ4n) is 3.82. The van der Waals surface area contributed by atoms with Gasteiger partial charge in [0.25, 0.3) is 0 Å². The van der Waals surface area contributed by atoms with E-state index in [-0.39, 0.29) is 42.7 Å². The highest BCUT2D eigenvalue weighted by Gasteiger charge is 2.28. The maximum absolute atomic E-state index is 12.5. The predicted molar refractivity (Wildman–Crippen MR) is 110 cm³/mol. The fourth-order valence-corrected chi connectivity index (χ4v) is 3.82. The molecular formula is C18H36Cl2N4O2. The Bertz CT molecular complexity index is 433. The molecule has 2 N–H and O–H groups in total. The number of rotatable bonds is 5. The fraction of sp³-hybridized carbons (Fsp3) is 0.889. The van der Waals surface area contributed by atoms with Crippen molar-refractivity contribution in [3.05, 3.63) is 0 Å². The number of carbonyl (C=O) groups excluding carboxylic acids is 2. The van der Waals surface area contributed by atoms with Crippen LogP contribution in [0.5, 0.6) is 0 Å². The number of amides is 2. The van der Waals surface area contributed by atoms with Gasteiger partial charge in [-0.2, -0.15) is 0 Å². The summed E-state index contributed by atoms with van der Waals surface area (Å²) in [5.41, 5.74) is 5.72. The first kappa shape index (κ1) is 25.4. The summed E-state index contributed by atoms with van der Waals surface area (Å²) >= 11 is 0. The van der Waals surface area contributed by atoms with Gasteiger partial charge in [0.15, 0.2) is 0 Å². The van der Waals surface area contributed by atoms with Crippen molar-refractivity contribution >= 4 is 36.6 Å². The van der Waals surface area contributed by atoms with Gasteiger partial charge < -0.3 is 15.5 Å². The van der Waals surface area contributed by atoms with Gasteiger partial charge in [-0.15, -0.1) is 24.8 Å². The van der Waals surface area contributed by atoms with Crippen LogP contribution in [0.25, 0.3) is 0 Å². The van der Waals surface area contributed by atoms with E-state index in [2.05, 4.69) is 18.7 Å². The molecule has 3 unspecified atom stereocenters. The van der Waals surface area contributed by atoms with Gasteiger partial charge in [-0.3, -0.25) is 14.5 Å². The monoisotopic (exact) mass is 410 g/mol. The molecule has 0 aliphatic carbocycles. The maximum Gasteiger partial charge on any atom is 0.236 e. The van der Waals surface area contributed by atoms with Crippen molar-refractivity contribution in [1.82, 2.24) is 14.7 Å². The molecule has 2 aliphatic heterocycles. The van der Waals surface area contributed by atoms with Gasteiger partial charge in [-0.25, -0.2) is 0 Å². The first-order chi connectivity index (χ1) is 11.3. The lowest BCUT2D eigenvalue weighted by Crippen LogP contribution is -2.53. The van der Waals surface area contributed by atoms with Gasteiger partial charge in [0.05, 0.1) is 6.54 Å². The van der Waals surface area contributed by atoms with Crippen molar-refractivity contribution in [3.63, 3.8) is 0 Å². The van der Waals surface area contributed by atoms with Crippen LogP contribution >= 0.6 is 24.8 Å². The van der Waals surface area contributed by atoms with Crippen LogP contribution in [0.15, 0.2) is 0 Å². The van der Waals surface area contributed by atoms with Gasteiger partial charge in [-0.05, 0) is 31.6 Å². The predicted octanol–water partition coefficient (Wildman–Crippen LogP) is 1.61. The second-order valence-electron chi connectivity index (χ2n) is 7.92. The Kier molecular flexibility index (Phi) is 11.7. The van der Waals surface area contributed by atoms with Crippen molar-refractivity contribution in [1.29, 1.82) is 0 Å². The Morgan fingerprint density at radius 3 is 2.00 bits per heavy atom. The van der Waals surface area contributed by atoms with Crippen molar-refractivity contribution in [2.45, 2.75) is 46.1 Å². The van der Waals surface area contributed by atoms with Crippen LogP contribution in [0.1, 0.15) is 40.0 Å². The third-order valence-electron chi connectivity index (χ3n) is 5.12. The van der Waals surface area contributed by atoms with E-state index in [0.29, 0.717) is 24.8 Å². The molecule has 2 fully saturated rings. The smallest absolute Gasteiger partial charge is 0.236 e.